The summed E-state index contributed by atoms with van der Waals surface area (Å²) in [6.07, 6.45) is 3.56. The van der Waals surface area contributed by atoms with E-state index < -0.39 is 39.5 Å². The van der Waals surface area contributed by atoms with Gasteiger partial charge in [-0.2, -0.15) is 0 Å². The number of aliphatic imine (C=N–C) groups is 1. The first-order chi connectivity index (χ1) is 16.0. The van der Waals surface area contributed by atoms with Crippen LogP contribution < -0.4 is 21.5 Å². The second kappa shape index (κ2) is 13.4. The summed E-state index contributed by atoms with van der Waals surface area (Å²) in [4.78, 5) is 43.5. The van der Waals surface area contributed by atoms with Crippen LogP contribution in [0, 0.1) is 0 Å². The van der Waals surface area contributed by atoms with E-state index in [-0.39, 0.29) is 24.8 Å². The fourth-order valence-electron chi connectivity index (χ4n) is 4.05. The lowest BCUT2D eigenvalue weighted by Gasteiger charge is -2.36. The number of halogens is 1. The number of carbonyl (C=O) groups is 3. The van der Waals surface area contributed by atoms with E-state index >= 15 is 0 Å². The molecule has 0 aromatic heterocycles. The number of amides is 2. The van der Waals surface area contributed by atoms with Gasteiger partial charge >= 0.3 is 0 Å². The van der Waals surface area contributed by atoms with Crippen LogP contribution >= 0.6 is 12.4 Å². The Morgan fingerprint density at radius 3 is 2.49 bits per heavy atom. The highest BCUT2D eigenvalue weighted by atomic mass is 35.5. The first-order valence-corrected chi connectivity index (χ1v) is 13.0. The number of nitrogens with one attached hydrogen (secondary N) is 2. The Hall–Kier alpha value is -2.70. The molecule has 35 heavy (non-hydrogen) atoms. The molecule has 6 N–H and O–H groups in total. The summed E-state index contributed by atoms with van der Waals surface area (Å²) in [5, 5.41) is 2.71. The molecule has 0 bridgehead atoms. The molecule has 0 spiro atoms. The standard InChI is InChI=1S/C22H34N6O5S.ClH/c1-22(20(31)26-17(15-29)10-6-12-25-21(23)24)11-7-13-28(22)19(30)18(27-34(2,32)33)14-16-8-4-3-5-9-16;/h3-5,8-9,15,17-18,27H,6-7,10-14H2,1-2H3,(H,26,31)(H4,23,24,25);1H/t17-,18-,22-;/m0./s1. The van der Waals surface area contributed by atoms with Gasteiger partial charge in [-0.25, -0.2) is 13.1 Å². The fourth-order valence-corrected chi connectivity index (χ4v) is 4.75. The number of nitrogens with two attached hydrogens (primary N) is 2. The van der Waals surface area contributed by atoms with Crippen molar-refractivity contribution in [1.29, 1.82) is 0 Å². The summed E-state index contributed by atoms with van der Waals surface area (Å²) in [5.74, 6) is -0.998. The fraction of sp³-hybridized carbons (Fsp3) is 0.545. The summed E-state index contributed by atoms with van der Waals surface area (Å²) in [5.41, 5.74) is 10.1. The highest BCUT2D eigenvalue weighted by Gasteiger charge is 2.47. The van der Waals surface area contributed by atoms with Gasteiger partial charge in [-0.15, -0.1) is 12.4 Å². The van der Waals surface area contributed by atoms with Crippen LogP contribution in [0.2, 0.25) is 0 Å². The second-order valence-electron chi connectivity index (χ2n) is 8.66. The van der Waals surface area contributed by atoms with Gasteiger partial charge in [0.05, 0.1) is 12.3 Å². The number of sulfonamides is 1. The van der Waals surface area contributed by atoms with Gasteiger partial charge in [0.25, 0.3) is 0 Å². The van der Waals surface area contributed by atoms with Crippen molar-refractivity contribution >= 4 is 46.5 Å². The predicted molar refractivity (Wildman–Crippen MR) is 136 cm³/mol. The highest BCUT2D eigenvalue weighted by Crippen LogP contribution is 2.30. The number of nitrogens with zero attached hydrogens (tertiary/aromatic N) is 2. The number of benzene rings is 1. The average Bonchev–Trinajstić information content (AvgIpc) is 3.17. The molecule has 2 rings (SSSR count). The molecular formula is C22H35ClN6O5S. The first-order valence-electron chi connectivity index (χ1n) is 11.1. The molecule has 0 unspecified atom stereocenters. The number of hydrogen-bond acceptors (Lipinski definition) is 6. The zero-order valence-corrected chi connectivity index (χ0v) is 21.6. The Labute approximate surface area is 212 Å². The van der Waals surface area contributed by atoms with Gasteiger partial charge in [0.1, 0.15) is 17.9 Å². The van der Waals surface area contributed by atoms with E-state index in [1.807, 2.05) is 6.07 Å². The lowest BCUT2D eigenvalue weighted by Crippen LogP contribution is -2.61. The summed E-state index contributed by atoms with van der Waals surface area (Å²) >= 11 is 0. The number of aldehydes is 1. The third kappa shape index (κ3) is 9.11. The minimum atomic E-state index is -3.69. The summed E-state index contributed by atoms with van der Waals surface area (Å²) < 4.78 is 26.4. The quantitative estimate of drug-likeness (QED) is 0.124. The van der Waals surface area contributed by atoms with Crippen LogP contribution in [0.15, 0.2) is 35.3 Å². The molecule has 1 heterocycles. The third-order valence-corrected chi connectivity index (χ3v) is 6.49. The first kappa shape index (κ1) is 30.3. The van der Waals surface area contributed by atoms with Crippen molar-refractivity contribution in [3.05, 3.63) is 35.9 Å². The number of guanidine groups is 1. The van der Waals surface area contributed by atoms with E-state index in [0.29, 0.717) is 45.1 Å². The molecule has 1 aromatic rings. The molecule has 1 aromatic carbocycles. The largest absolute Gasteiger partial charge is 0.370 e. The van der Waals surface area contributed by atoms with Crippen LogP contribution in [-0.4, -0.2) is 74.3 Å². The minimum absolute atomic E-state index is 0. The number of rotatable bonds is 12. The maximum absolute atomic E-state index is 13.5. The van der Waals surface area contributed by atoms with Gasteiger partial charge in [0.15, 0.2) is 5.96 Å². The molecule has 2 amide bonds. The summed E-state index contributed by atoms with van der Waals surface area (Å²) in [6.45, 7) is 2.26. The number of carbonyl (C=O) groups excluding carboxylic acids is 3. The smallest absolute Gasteiger partial charge is 0.246 e. The molecule has 0 radical (unpaired) electrons. The maximum atomic E-state index is 13.5. The molecule has 196 valence electrons. The predicted octanol–water partition coefficient (Wildman–Crippen LogP) is -0.313. The van der Waals surface area contributed by atoms with E-state index in [2.05, 4.69) is 15.0 Å². The number of hydrogen-bond donors (Lipinski definition) is 4. The summed E-state index contributed by atoms with van der Waals surface area (Å²) in [7, 11) is -3.69. The van der Waals surface area contributed by atoms with Crippen LogP contribution in [0.1, 0.15) is 38.2 Å². The zero-order valence-electron chi connectivity index (χ0n) is 20.0. The van der Waals surface area contributed by atoms with Gasteiger partial charge in [-0.1, -0.05) is 30.3 Å². The summed E-state index contributed by atoms with van der Waals surface area (Å²) in [6, 6.07) is 7.21. The topological polar surface area (TPSA) is 177 Å². The lowest BCUT2D eigenvalue weighted by molar-refractivity contribution is -0.145. The van der Waals surface area contributed by atoms with Crippen molar-refractivity contribution in [2.75, 3.05) is 19.3 Å². The van der Waals surface area contributed by atoms with Crippen molar-refractivity contribution < 1.29 is 22.8 Å². The molecule has 1 fully saturated rings. The van der Waals surface area contributed by atoms with Crippen molar-refractivity contribution in [1.82, 2.24) is 14.9 Å². The molecule has 1 aliphatic rings. The van der Waals surface area contributed by atoms with E-state index in [9.17, 15) is 22.8 Å². The van der Waals surface area contributed by atoms with Crippen molar-refractivity contribution in [2.24, 2.45) is 16.5 Å². The SMILES string of the molecule is C[C@@]1(C(=O)N[C@H](C=O)CCCN=C(N)N)CCCN1C(=O)[C@H](Cc1ccccc1)NS(C)(=O)=O.Cl. The molecule has 11 nitrogen and oxygen atoms in total. The monoisotopic (exact) mass is 530 g/mol. The number of likely N-dealkylation sites (tertiary alicyclic amines) is 1. The molecule has 0 saturated carbocycles. The Bertz CT molecular complexity index is 1000. The molecule has 1 aliphatic heterocycles. The van der Waals surface area contributed by atoms with E-state index in [1.54, 1.807) is 31.2 Å². The average molecular weight is 531 g/mol. The molecular weight excluding hydrogens is 496 g/mol. The van der Waals surface area contributed by atoms with Crippen LogP contribution in [0.3, 0.4) is 0 Å². The van der Waals surface area contributed by atoms with Gasteiger partial charge in [0, 0.05) is 13.1 Å². The lowest BCUT2D eigenvalue weighted by atomic mass is 9.95. The van der Waals surface area contributed by atoms with Gasteiger partial charge in [0.2, 0.25) is 21.8 Å². The third-order valence-electron chi connectivity index (χ3n) is 5.78. The Morgan fingerprint density at radius 2 is 1.91 bits per heavy atom. The van der Waals surface area contributed by atoms with Crippen LogP contribution in [0.25, 0.3) is 0 Å². The van der Waals surface area contributed by atoms with E-state index in [1.165, 1.54) is 4.90 Å². The van der Waals surface area contributed by atoms with Crippen molar-refractivity contribution in [3.8, 4) is 0 Å². The maximum Gasteiger partial charge on any atom is 0.246 e. The second-order valence-corrected chi connectivity index (χ2v) is 10.4. The Balaban J connectivity index is 0.00000612. The minimum Gasteiger partial charge on any atom is -0.370 e. The molecule has 0 aliphatic carbocycles. The van der Waals surface area contributed by atoms with E-state index in [0.717, 1.165) is 11.8 Å². The van der Waals surface area contributed by atoms with Gasteiger partial charge in [-0.3, -0.25) is 14.6 Å². The van der Waals surface area contributed by atoms with Crippen molar-refractivity contribution in [2.45, 2.75) is 56.7 Å². The van der Waals surface area contributed by atoms with Crippen molar-refractivity contribution in [3.63, 3.8) is 0 Å². The highest BCUT2D eigenvalue weighted by molar-refractivity contribution is 7.88. The Morgan fingerprint density at radius 1 is 1.26 bits per heavy atom. The Kier molecular flexibility index (Phi) is 11.6. The molecule has 3 atom stereocenters. The van der Waals surface area contributed by atoms with Crippen LogP contribution in [0.4, 0.5) is 0 Å². The normalized spacial score (nSPS) is 19.2. The zero-order chi connectivity index (χ0) is 25.4. The van der Waals surface area contributed by atoms with Crippen LogP contribution in [0.5, 0.6) is 0 Å². The molecule has 1 saturated heterocycles. The molecule has 13 heteroatoms. The van der Waals surface area contributed by atoms with E-state index in [4.69, 9.17) is 11.5 Å². The van der Waals surface area contributed by atoms with Gasteiger partial charge < -0.3 is 26.5 Å². The van der Waals surface area contributed by atoms with Crippen LogP contribution in [-0.2, 0) is 30.8 Å². The van der Waals surface area contributed by atoms with Gasteiger partial charge in [-0.05, 0) is 44.6 Å².